The van der Waals surface area contributed by atoms with E-state index in [-0.39, 0.29) is 17.5 Å². The zero-order valence-electron chi connectivity index (χ0n) is 11.5. The smallest absolute Gasteiger partial charge is 0.240 e. The van der Waals surface area contributed by atoms with Crippen LogP contribution in [0.5, 0.6) is 5.75 Å². The molecule has 0 saturated carbocycles. The number of aliphatic hydroxyl groups excluding tert-OH is 1. The molecule has 0 unspecified atom stereocenters. The van der Waals surface area contributed by atoms with E-state index in [4.69, 9.17) is 4.74 Å². The fourth-order valence-corrected chi connectivity index (χ4v) is 2.88. The molecule has 0 radical (unpaired) electrons. The molecule has 0 aliphatic carbocycles. The molecule has 2 N–H and O–H groups in total. The molecule has 0 heterocycles. The van der Waals surface area contributed by atoms with Crippen molar-refractivity contribution in [1.82, 2.24) is 4.72 Å². The minimum Gasteiger partial charge on any atom is -0.493 e. The monoisotopic (exact) mass is 287 g/mol. The molecular weight excluding hydrogens is 266 g/mol. The van der Waals surface area contributed by atoms with Gasteiger partial charge in [-0.25, -0.2) is 13.1 Å². The molecule has 1 aromatic rings. The van der Waals surface area contributed by atoms with E-state index in [9.17, 15) is 13.5 Å². The summed E-state index contributed by atoms with van der Waals surface area (Å²) in [5, 5.41) is 9.29. The van der Waals surface area contributed by atoms with Gasteiger partial charge < -0.3 is 9.84 Å². The summed E-state index contributed by atoms with van der Waals surface area (Å²) < 4.78 is 32.0. The SMILES string of the molecule is CCCOc1ccc(S(=O)(=O)NC(C)C)cc1CO. The van der Waals surface area contributed by atoms with Gasteiger partial charge in [-0.05, 0) is 38.5 Å². The molecule has 0 bridgehead atoms. The fraction of sp³-hybridized carbons (Fsp3) is 0.538. The van der Waals surface area contributed by atoms with Gasteiger partial charge in [0.1, 0.15) is 5.75 Å². The van der Waals surface area contributed by atoms with E-state index in [0.29, 0.717) is 17.9 Å². The van der Waals surface area contributed by atoms with Crippen LogP contribution in [0.4, 0.5) is 0 Å². The maximum Gasteiger partial charge on any atom is 0.240 e. The van der Waals surface area contributed by atoms with Gasteiger partial charge in [0, 0.05) is 11.6 Å². The Hall–Kier alpha value is -1.11. The van der Waals surface area contributed by atoms with Crippen LogP contribution < -0.4 is 9.46 Å². The molecular formula is C13H21NO4S. The van der Waals surface area contributed by atoms with Gasteiger partial charge in [0.15, 0.2) is 0 Å². The second-order valence-electron chi connectivity index (χ2n) is 4.55. The van der Waals surface area contributed by atoms with Crippen LogP contribution >= 0.6 is 0 Å². The Balaban J connectivity index is 3.06. The Kier molecular flexibility index (Phi) is 5.78. The number of hydrogen-bond donors (Lipinski definition) is 2. The molecule has 0 amide bonds. The minimum absolute atomic E-state index is 0.133. The maximum atomic E-state index is 12.0. The van der Waals surface area contributed by atoms with Crippen LogP contribution in [0, 0.1) is 0 Å². The maximum absolute atomic E-state index is 12.0. The molecule has 1 aromatic carbocycles. The van der Waals surface area contributed by atoms with E-state index < -0.39 is 10.0 Å². The van der Waals surface area contributed by atoms with Crippen molar-refractivity contribution in [3.05, 3.63) is 23.8 Å². The molecule has 0 saturated heterocycles. The number of sulfonamides is 1. The van der Waals surface area contributed by atoms with Crippen LogP contribution in [0.1, 0.15) is 32.8 Å². The zero-order valence-corrected chi connectivity index (χ0v) is 12.3. The normalized spacial score (nSPS) is 11.8. The molecule has 0 spiro atoms. The molecule has 0 aromatic heterocycles. The molecule has 6 heteroatoms. The summed E-state index contributed by atoms with van der Waals surface area (Å²) in [5.41, 5.74) is 0.472. The number of ether oxygens (including phenoxy) is 1. The molecule has 5 nitrogen and oxygen atoms in total. The van der Waals surface area contributed by atoms with Crippen LogP contribution in [0.25, 0.3) is 0 Å². The predicted octanol–water partition coefficient (Wildman–Crippen LogP) is 1.65. The molecule has 0 atom stereocenters. The van der Waals surface area contributed by atoms with Gasteiger partial charge >= 0.3 is 0 Å². The highest BCUT2D eigenvalue weighted by molar-refractivity contribution is 7.89. The van der Waals surface area contributed by atoms with Gasteiger partial charge in [-0.1, -0.05) is 6.92 Å². The second-order valence-corrected chi connectivity index (χ2v) is 6.27. The number of benzene rings is 1. The summed E-state index contributed by atoms with van der Waals surface area (Å²) in [7, 11) is -3.55. The summed E-state index contributed by atoms with van der Waals surface area (Å²) in [6, 6.07) is 4.32. The lowest BCUT2D eigenvalue weighted by atomic mass is 10.2. The highest BCUT2D eigenvalue weighted by Crippen LogP contribution is 2.23. The van der Waals surface area contributed by atoms with Crippen molar-refractivity contribution in [2.24, 2.45) is 0 Å². The summed E-state index contributed by atoms with van der Waals surface area (Å²) in [5.74, 6) is 0.521. The molecule has 108 valence electrons. The lowest BCUT2D eigenvalue weighted by molar-refractivity contribution is 0.262. The summed E-state index contributed by atoms with van der Waals surface area (Å²) in [6.07, 6.45) is 0.847. The van der Waals surface area contributed by atoms with E-state index >= 15 is 0 Å². The highest BCUT2D eigenvalue weighted by atomic mass is 32.2. The largest absolute Gasteiger partial charge is 0.493 e. The van der Waals surface area contributed by atoms with E-state index in [1.807, 2.05) is 6.92 Å². The van der Waals surface area contributed by atoms with Crippen molar-refractivity contribution in [2.75, 3.05) is 6.61 Å². The summed E-state index contributed by atoms with van der Waals surface area (Å²) in [4.78, 5) is 0.133. The average Bonchev–Trinajstić information content (AvgIpc) is 2.34. The number of aliphatic hydroxyl groups is 1. The average molecular weight is 287 g/mol. The minimum atomic E-state index is -3.55. The van der Waals surface area contributed by atoms with Crippen LogP contribution in [0.3, 0.4) is 0 Å². The Morgan fingerprint density at radius 1 is 1.37 bits per heavy atom. The fourth-order valence-electron chi connectivity index (χ4n) is 1.58. The van der Waals surface area contributed by atoms with Crippen molar-refractivity contribution in [2.45, 2.75) is 44.7 Å². The first-order chi connectivity index (χ1) is 8.90. The highest BCUT2D eigenvalue weighted by Gasteiger charge is 2.17. The van der Waals surface area contributed by atoms with Crippen molar-refractivity contribution < 1.29 is 18.3 Å². The van der Waals surface area contributed by atoms with Crippen molar-refractivity contribution >= 4 is 10.0 Å². The van der Waals surface area contributed by atoms with Crippen LogP contribution in [0.2, 0.25) is 0 Å². The van der Waals surface area contributed by atoms with Gasteiger partial charge in [0.25, 0.3) is 0 Å². The summed E-state index contributed by atoms with van der Waals surface area (Å²) >= 11 is 0. The van der Waals surface area contributed by atoms with E-state index in [2.05, 4.69) is 4.72 Å². The lowest BCUT2D eigenvalue weighted by Crippen LogP contribution is -2.30. The first-order valence-electron chi connectivity index (χ1n) is 6.29. The molecule has 19 heavy (non-hydrogen) atoms. The van der Waals surface area contributed by atoms with Crippen LogP contribution in [-0.4, -0.2) is 26.2 Å². The Morgan fingerprint density at radius 2 is 2.05 bits per heavy atom. The molecule has 0 aliphatic rings. The lowest BCUT2D eigenvalue weighted by Gasteiger charge is -2.13. The third kappa shape index (κ3) is 4.49. The third-order valence-electron chi connectivity index (χ3n) is 2.37. The first kappa shape index (κ1) is 15.9. The summed E-state index contributed by atoms with van der Waals surface area (Å²) in [6.45, 7) is 5.75. The molecule has 0 fully saturated rings. The van der Waals surface area contributed by atoms with E-state index in [0.717, 1.165) is 6.42 Å². The number of rotatable bonds is 7. The van der Waals surface area contributed by atoms with Crippen LogP contribution in [0.15, 0.2) is 23.1 Å². The van der Waals surface area contributed by atoms with Gasteiger partial charge in [-0.3, -0.25) is 0 Å². The standard InChI is InChI=1S/C13H21NO4S/c1-4-7-18-13-6-5-12(8-11(13)9-15)19(16,17)14-10(2)3/h5-6,8,10,14-15H,4,7,9H2,1-3H3. The molecule has 0 aliphatic heterocycles. The Morgan fingerprint density at radius 3 is 2.58 bits per heavy atom. The third-order valence-corrected chi connectivity index (χ3v) is 4.02. The zero-order chi connectivity index (χ0) is 14.5. The second kappa shape index (κ2) is 6.88. The van der Waals surface area contributed by atoms with Crippen molar-refractivity contribution in [1.29, 1.82) is 0 Å². The van der Waals surface area contributed by atoms with Gasteiger partial charge in [-0.15, -0.1) is 0 Å². The van der Waals surface area contributed by atoms with Crippen LogP contribution in [-0.2, 0) is 16.6 Å². The van der Waals surface area contributed by atoms with E-state index in [1.54, 1.807) is 19.9 Å². The first-order valence-corrected chi connectivity index (χ1v) is 7.78. The van der Waals surface area contributed by atoms with Crippen molar-refractivity contribution in [3.8, 4) is 5.75 Å². The Bertz CT molecular complexity index is 511. The van der Waals surface area contributed by atoms with Gasteiger partial charge in [0.05, 0.1) is 18.1 Å². The van der Waals surface area contributed by atoms with Gasteiger partial charge in [0.2, 0.25) is 10.0 Å². The van der Waals surface area contributed by atoms with E-state index in [1.165, 1.54) is 12.1 Å². The molecule has 1 rings (SSSR count). The predicted molar refractivity (Wildman–Crippen MR) is 73.6 cm³/mol. The van der Waals surface area contributed by atoms with Crippen molar-refractivity contribution in [3.63, 3.8) is 0 Å². The topological polar surface area (TPSA) is 75.6 Å². The number of nitrogens with one attached hydrogen (secondary N) is 1. The number of hydrogen-bond acceptors (Lipinski definition) is 4. The Labute approximate surface area is 114 Å². The quantitative estimate of drug-likeness (QED) is 0.799. The van der Waals surface area contributed by atoms with Gasteiger partial charge in [-0.2, -0.15) is 0 Å².